The molecule has 9 nitrogen and oxygen atoms in total. The summed E-state index contributed by atoms with van der Waals surface area (Å²) < 4.78 is 0. The maximum absolute atomic E-state index is 10.8. The van der Waals surface area contributed by atoms with E-state index < -0.39 is 5.09 Å². The number of guanidine groups is 1. The average Bonchev–Trinajstić information content (AvgIpc) is 2.26. The number of carbonyl (C=O) groups is 1. The molecule has 0 atom stereocenters. The fraction of sp³-hybridized carbons (Fsp3) is 0.200. The van der Waals surface area contributed by atoms with Crippen LogP contribution in [0.15, 0.2) is 24.3 Å². The van der Waals surface area contributed by atoms with Gasteiger partial charge in [-0.1, -0.05) is 18.2 Å². The number of nitrogens with zero attached hydrogens (tertiary/aromatic N) is 1. The fourth-order valence-corrected chi connectivity index (χ4v) is 1.16. The van der Waals surface area contributed by atoms with E-state index in [1.807, 2.05) is 18.2 Å². The first-order valence-corrected chi connectivity index (χ1v) is 5.09. The predicted octanol–water partition coefficient (Wildman–Crippen LogP) is 0.280. The van der Waals surface area contributed by atoms with Gasteiger partial charge in [0.25, 0.3) is 5.09 Å². The second kappa shape index (κ2) is 8.28. The maximum Gasteiger partial charge on any atom is 0.291 e. The third-order valence-electron chi connectivity index (χ3n) is 1.81. The lowest BCUT2D eigenvalue weighted by Crippen LogP contribution is -2.23. The molecule has 0 heterocycles. The Balaban J connectivity index is 0.000000711. The van der Waals surface area contributed by atoms with E-state index in [0.29, 0.717) is 6.54 Å². The van der Waals surface area contributed by atoms with Crippen molar-refractivity contribution in [1.82, 2.24) is 5.32 Å². The first-order valence-electron chi connectivity index (χ1n) is 5.09. The van der Waals surface area contributed by atoms with Crippen molar-refractivity contribution in [2.45, 2.75) is 13.5 Å². The zero-order valence-corrected chi connectivity index (χ0v) is 10.2. The summed E-state index contributed by atoms with van der Waals surface area (Å²) in [6, 6.07) is 7.37. The number of amides is 1. The van der Waals surface area contributed by atoms with E-state index in [1.165, 1.54) is 6.92 Å². The molecule has 1 amide bonds. The molecule has 0 saturated heterocycles. The SMILES string of the molecule is CC(=O)NCc1ccccc1NC(=N)N.O=[N+]([O-])O. The third kappa shape index (κ3) is 8.92. The van der Waals surface area contributed by atoms with Crippen molar-refractivity contribution in [3.63, 3.8) is 0 Å². The van der Waals surface area contributed by atoms with Crippen molar-refractivity contribution in [3.05, 3.63) is 39.9 Å². The average molecular weight is 269 g/mol. The van der Waals surface area contributed by atoms with Crippen LogP contribution in [0.25, 0.3) is 0 Å². The van der Waals surface area contributed by atoms with Gasteiger partial charge in [-0.05, 0) is 11.6 Å². The summed E-state index contributed by atoms with van der Waals surface area (Å²) >= 11 is 0. The highest BCUT2D eigenvalue weighted by Crippen LogP contribution is 2.13. The molecule has 0 radical (unpaired) electrons. The van der Waals surface area contributed by atoms with Crippen LogP contribution in [0.1, 0.15) is 12.5 Å². The van der Waals surface area contributed by atoms with Gasteiger partial charge in [-0.25, -0.2) is 0 Å². The molecular weight excluding hydrogens is 254 g/mol. The van der Waals surface area contributed by atoms with Gasteiger partial charge in [-0.15, -0.1) is 10.1 Å². The summed E-state index contributed by atoms with van der Waals surface area (Å²) in [4.78, 5) is 19.1. The molecule has 6 N–H and O–H groups in total. The van der Waals surface area contributed by atoms with Gasteiger partial charge in [-0.3, -0.25) is 10.2 Å². The molecule has 0 bridgehead atoms. The Bertz CT molecular complexity index is 459. The van der Waals surface area contributed by atoms with E-state index >= 15 is 0 Å². The van der Waals surface area contributed by atoms with E-state index in [1.54, 1.807) is 6.07 Å². The van der Waals surface area contributed by atoms with Gasteiger partial charge >= 0.3 is 0 Å². The summed E-state index contributed by atoms with van der Waals surface area (Å²) in [5, 5.41) is 26.2. The Kier molecular flexibility index (Phi) is 7.04. The minimum absolute atomic E-state index is 0.0902. The minimum atomic E-state index is -1.50. The summed E-state index contributed by atoms with van der Waals surface area (Å²) in [5.41, 5.74) is 6.86. The van der Waals surface area contributed by atoms with Crippen LogP contribution < -0.4 is 16.4 Å². The number of hydrogen-bond acceptors (Lipinski definition) is 4. The summed E-state index contributed by atoms with van der Waals surface area (Å²) in [6.07, 6.45) is 0. The van der Waals surface area contributed by atoms with Crippen LogP contribution in [0.3, 0.4) is 0 Å². The first kappa shape index (κ1) is 16.2. The Hall–Kier alpha value is -2.84. The zero-order chi connectivity index (χ0) is 14.8. The van der Waals surface area contributed by atoms with E-state index in [-0.39, 0.29) is 11.9 Å². The second-order valence-corrected chi connectivity index (χ2v) is 3.34. The number of para-hydroxylation sites is 1. The standard InChI is InChI=1S/C10H14N4O.HNO3/c1-7(15)13-6-8-4-2-3-5-9(8)14-10(11)12;2-1(3)4/h2-5H,6H2,1H3,(H,13,15)(H4,11,12,14);(H,2,3,4). The summed E-state index contributed by atoms with van der Waals surface area (Å²) in [6.45, 7) is 1.88. The highest BCUT2D eigenvalue weighted by Gasteiger charge is 2.02. The molecule has 0 aliphatic rings. The molecule has 1 aromatic carbocycles. The van der Waals surface area contributed by atoms with Gasteiger partial charge < -0.3 is 21.6 Å². The molecule has 0 aliphatic heterocycles. The van der Waals surface area contributed by atoms with Crippen LogP contribution in [-0.4, -0.2) is 22.2 Å². The molecule has 9 heteroatoms. The Morgan fingerprint density at radius 1 is 1.53 bits per heavy atom. The minimum Gasteiger partial charge on any atom is -0.370 e. The van der Waals surface area contributed by atoms with Gasteiger partial charge in [0.1, 0.15) is 0 Å². The molecule has 1 rings (SSSR count). The van der Waals surface area contributed by atoms with Gasteiger partial charge in [0, 0.05) is 19.2 Å². The molecular formula is C10H15N5O4. The fourth-order valence-electron chi connectivity index (χ4n) is 1.16. The predicted molar refractivity (Wildman–Crippen MR) is 68.3 cm³/mol. The topological polar surface area (TPSA) is 154 Å². The van der Waals surface area contributed by atoms with Crippen LogP contribution in [-0.2, 0) is 11.3 Å². The number of benzene rings is 1. The van der Waals surface area contributed by atoms with Crippen molar-refractivity contribution in [1.29, 1.82) is 5.41 Å². The van der Waals surface area contributed by atoms with Crippen LogP contribution in [0.4, 0.5) is 5.69 Å². The number of nitrogens with one attached hydrogen (secondary N) is 3. The Morgan fingerprint density at radius 2 is 2.05 bits per heavy atom. The molecule has 0 unspecified atom stereocenters. The molecule has 19 heavy (non-hydrogen) atoms. The number of carbonyl (C=O) groups excluding carboxylic acids is 1. The van der Waals surface area contributed by atoms with Gasteiger partial charge in [0.15, 0.2) is 5.96 Å². The number of rotatable bonds is 3. The van der Waals surface area contributed by atoms with Crippen LogP contribution in [0, 0.1) is 15.5 Å². The molecule has 0 spiro atoms. The lowest BCUT2D eigenvalue weighted by molar-refractivity contribution is -0.742. The Labute approximate surface area is 109 Å². The quantitative estimate of drug-likeness (QED) is 0.230. The van der Waals surface area contributed by atoms with Gasteiger partial charge in [0.2, 0.25) is 5.91 Å². The largest absolute Gasteiger partial charge is 0.370 e. The highest BCUT2D eigenvalue weighted by molar-refractivity contribution is 5.90. The van der Waals surface area contributed by atoms with Crippen molar-refractivity contribution >= 4 is 17.6 Å². The Morgan fingerprint density at radius 3 is 2.53 bits per heavy atom. The van der Waals surface area contributed by atoms with Crippen molar-refractivity contribution < 1.29 is 15.1 Å². The number of nitrogens with two attached hydrogens (primary N) is 1. The van der Waals surface area contributed by atoms with E-state index in [9.17, 15) is 4.79 Å². The van der Waals surface area contributed by atoms with Crippen LogP contribution in [0.5, 0.6) is 0 Å². The molecule has 104 valence electrons. The molecule has 0 aliphatic carbocycles. The molecule has 0 fully saturated rings. The first-order chi connectivity index (χ1) is 8.82. The zero-order valence-electron chi connectivity index (χ0n) is 10.2. The van der Waals surface area contributed by atoms with E-state index in [0.717, 1.165) is 11.3 Å². The van der Waals surface area contributed by atoms with Crippen molar-refractivity contribution in [2.24, 2.45) is 5.73 Å². The molecule has 0 aromatic heterocycles. The van der Waals surface area contributed by atoms with Crippen molar-refractivity contribution in [2.75, 3.05) is 5.32 Å². The number of hydrogen-bond donors (Lipinski definition) is 5. The molecule has 0 saturated carbocycles. The normalized spacial score (nSPS) is 8.68. The van der Waals surface area contributed by atoms with E-state index in [2.05, 4.69) is 10.6 Å². The lowest BCUT2D eigenvalue weighted by Gasteiger charge is -2.10. The lowest BCUT2D eigenvalue weighted by atomic mass is 10.2. The summed E-state index contributed by atoms with van der Waals surface area (Å²) in [7, 11) is 0. The highest BCUT2D eigenvalue weighted by atomic mass is 16.9. The second-order valence-electron chi connectivity index (χ2n) is 3.34. The summed E-state index contributed by atoms with van der Waals surface area (Å²) in [5.74, 6) is -0.210. The van der Waals surface area contributed by atoms with E-state index in [4.69, 9.17) is 26.5 Å². The maximum atomic E-state index is 10.8. The van der Waals surface area contributed by atoms with Crippen LogP contribution in [0.2, 0.25) is 0 Å². The smallest absolute Gasteiger partial charge is 0.291 e. The monoisotopic (exact) mass is 269 g/mol. The number of anilines is 1. The van der Waals surface area contributed by atoms with Crippen LogP contribution >= 0.6 is 0 Å². The molecule has 1 aromatic rings. The van der Waals surface area contributed by atoms with Gasteiger partial charge in [0.05, 0.1) is 0 Å². The van der Waals surface area contributed by atoms with Crippen molar-refractivity contribution in [3.8, 4) is 0 Å². The third-order valence-corrected chi connectivity index (χ3v) is 1.81. The van der Waals surface area contributed by atoms with Gasteiger partial charge in [-0.2, -0.15) is 0 Å².